The summed E-state index contributed by atoms with van der Waals surface area (Å²) in [5, 5.41) is 0. The molecule has 6 heteroatoms. The summed E-state index contributed by atoms with van der Waals surface area (Å²) in [6, 6.07) is 2.53. The lowest BCUT2D eigenvalue weighted by Gasteiger charge is -2.25. The number of rotatable bonds is 4. The van der Waals surface area contributed by atoms with Gasteiger partial charge in [-0.25, -0.2) is 0 Å². The van der Waals surface area contributed by atoms with Gasteiger partial charge in [0.1, 0.15) is 6.54 Å². The van der Waals surface area contributed by atoms with Crippen molar-refractivity contribution in [1.82, 2.24) is 9.88 Å². The highest BCUT2D eigenvalue weighted by atomic mass is 16.5. The van der Waals surface area contributed by atoms with E-state index in [9.17, 15) is 14.4 Å². The van der Waals surface area contributed by atoms with Gasteiger partial charge in [0.15, 0.2) is 0 Å². The molecule has 1 heterocycles. The maximum atomic E-state index is 12.2. The maximum Gasteiger partial charge on any atom is 0.325 e. The monoisotopic (exact) mass is 252 g/mol. The van der Waals surface area contributed by atoms with Gasteiger partial charge in [0, 0.05) is 23.9 Å². The molecule has 1 aromatic heterocycles. The molecule has 0 fully saturated rings. The van der Waals surface area contributed by atoms with Crippen molar-refractivity contribution in [3.8, 4) is 0 Å². The molecule has 1 rings (SSSR count). The average Bonchev–Trinajstić information content (AvgIpc) is 2.34. The number of H-pyrrole nitrogens is 1. The molecule has 0 aliphatic carbocycles. The molecule has 18 heavy (non-hydrogen) atoms. The molecule has 0 spiro atoms. The van der Waals surface area contributed by atoms with Gasteiger partial charge in [-0.05, 0) is 19.9 Å². The Morgan fingerprint density at radius 3 is 2.61 bits per heavy atom. The number of nitrogens with one attached hydrogen (secondary N) is 1. The minimum atomic E-state index is -0.498. The lowest BCUT2D eigenvalue weighted by Crippen LogP contribution is -2.41. The van der Waals surface area contributed by atoms with Crippen molar-refractivity contribution >= 4 is 11.9 Å². The summed E-state index contributed by atoms with van der Waals surface area (Å²) in [6.07, 6.45) is 1.40. The molecule has 1 N–H and O–H groups in total. The Morgan fingerprint density at radius 2 is 2.11 bits per heavy atom. The summed E-state index contributed by atoms with van der Waals surface area (Å²) in [5.41, 5.74) is -0.112. The Kier molecular flexibility index (Phi) is 4.65. The fourth-order valence-electron chi connectivity index (χ4n) is 1.44. The average molecular weight is 252 g/mol. The van der Waals surface area contributed by atoms with Crippen LogP contribution in [0.4, 0.5) is 0 Å². The van der Waals surface area contributed by atoms with Gasteiger partial charge >= 0.3 is 5.97 Å². The summed E-state index contributed by atoms with van der Waals surface area (Å²) in [6.45, 7) is 3.43. The normalized spacial score (nSPS) is 10.2. The van der Waals surface area contributed by atoms with Crippen LogP contribution in [0.3, 0.4) is 0 Å². The van der Waals surface area contributed by atoms with Crippen molar-refractivity contribution in [3.05, 3.63) is 34.2 Å². The predicted molar refractivity (Wildman–Crippen MR) is 65.3 cm³/mol. The lowest BCUT2D eigenvalue weighted by atomic mass is 10.2. The number of methoxy groups -OCH3 is 1. The highest BCUT2D eigenvalue weighted by Gasteiger charge is 2.21. The van der Waals surface area contributed by atoms with Crippen molar-refractivity contribution < 1.29 is 14.3 Å². The molecular formula is C12H16N2O4. The zero-order valence-corrected chi connectivity index (χ0v) is 10.6. The number of hydrogen-bond acceptors (Lipinski definition) is 4. The Hall–Kier alpha value is -2.11. The van der Waals surface area contributed by atoms with Crippen molar-refractivity contribution in [1.29, 1.82) is 0 Å². The summed E-state index contributed by atoms with van der Waals surface area (Å²) >= 11 is 0. The second-order valence-electron chi connectivity index (χ2n) is 4.04. The van der Waals surface area contributed by atoms with Crippen LogP contribution in [-0.2, 0) is 9.53 Å². The highest BCUT2D eigenvalue weighted by Crippen LogP contribution is 2.06. The van der Waals surface area contributed by atoms with Crippen molar-refractivity contribution in [3.63, 3.8) is 0 Å². The zero-order valence-electron chi connectivity index (χ0n) is 10.6. The van der Waals surface area contributed by atoms with Crippen LogP contribution >= 0.6 is 0 Å². The molecule has 0 bridgehead atoms. The van der Waals surface area contributed by atoms with Gasteiger partial charge in [0.25, 0.3) is 5.91 Å². The van der Waals surface area contributed by atoms with Crippen LogP contribution in [0.25, 0.3) is 0 Å². The number of aromatic nitrogens is 1. The van der Waals surface area contributed by atoms with Gasteiger partial charge in [0.2, 0.25) is 5.56 Å². The Morgan fingerprint density at radius 1 is 1.44 bits per heavy atom. The molecule has 0 radical (unpaired) electrons. The van der Waals surface area contributed by atoms with Crippen LogP contribution in [0, 0.1) is 0 Å². The fourth-order valence-corrected chi connectivity index (χ4v) is 1.44. The Balaban J connectivity index is 2.96. The first kappa shape index (κ1) is 14.0. The molecule has 1 amide bonds. The highest BCUT2D eigenvalue weighted by molar-refractivity contribution is 5.96. The third-order valence-electron chi connectivity index (χ3n) is 2.43. The molecule has 0 unspecified atom stereocenters. The number of pyridine rings is 1. The van der Waals surface area contributed by atoms with E-state index in [0.717, 1.165) is 0 Å². The molecular weight excluding hydrogens is 236 g/mol. The van der Waals surface area contributed by atoms with Crippen molar-refractivity contribution in [2.24, 2.45) is 0 Å². The van der Waals surface area contributed by atoms with E-state index in [4.69, 9.17) is 0 Å². The number of hydrogen-bond donors (Lipinski definition) is 1. The van der Waals surface area contributed by atoms with Crippen LogP contribution in [0.15, 0.2) is 23.1 Å². The van der Waals surface area contributed by atoms with E-state index in [1.165, 1.54) is 30.3 Å². The zero-order chi connectivity index (χ0) is 13.7. The van der Waals surface area contributed by atoms with Crippen molar-refractivity contribution in [2.75, 3.05) is 13.7 Å². The van der Waals surface area contributed by atoms with Crippen molar-refractivity contribution in [2.45, 2.75) is 19.9 Å². The van der Waals surface area contributed by atoms with Gasteiger partial charge in [-0.1, -0.05) is 0 Å². The van der Waals surface area contributed by atoms with E-state index >= 15 is 0 Å². The van der Waals surface area contributed by atoms with Crippen LogP contribution < -0.4 is 5.56 Å². The summed E-state index contributed by atoms with van der Waals surface area (Å²) in [4.78, 5) is 38.3. The molecule has 0 aliphatic rings. The smallest absolute Gasteiger partial charge is 0.325 e. The molecule has 0 atom stereocenters. The third kappa shape index (κ3) is 3.44. The van der Waals surface area contributed by atoms with E-state index in [1.54, 1.807) is 13.8 Å². The SMILES string of the molecule is COC(=O)CN(C(=O)c1cc[nH]c(=O)c1)C(C)C. The second-order valence-corrected chi connectivity index (χ2v) is 4.04. The first-order valence-electron chi connectivity index (χ1n) is 5.52. The summed E-state index contributed by atoms with van der Waals surface area (Å²) in [7, 11) is 1.26. The summed E-state index contributed by atoms with van der Waals surface area (Å²) in [5.74, 6) is -0.872. The lowest BCUT2D eigenvalue weighted by molar-refractivity contribution is -0.141. The number of esters is 1. The topological polar surface area (TPSA) is 79.5 Å². The van der Waals surface area contributed by atoms with E-state index in [1.807, 2.05) is 0 Å². The second kappa shape index (κ2) is 6.00. The van der Waals surface area contributed by atoms with Gasteiger partial charge in [0.05, 0.1) is 7.11 Å². The van der Waals surface area contributed by atoms with Gasteiger partial charge < -0.3 is 14.6 Å². The minimum absolute atomic E-state index is 0.139. The van der Waals surface area contributed by atoms with Crippen LogP contribution in [-0.4, -0.2) is 41.5 Å². The number of amides is 1. The summed E-state index contributed by atoms with van der Waals surface area (Å²) < 4.78 is 4.54. The van der Waals surface area contributed by atoms with Gasteiger partial charge in [-0.3, -0.25) is 14.4 Å². The van der Waals surface area contributed by atoms with Crippen LogP contribution in [0.2, 0.25) is 0 Å². The third-order valence-corrected chi connectivity index (χ3v) is 2.43. The molecule has 0 aromatic carbocycles. The number of nitrogens with zero attached hydrogens (tertiary/aromatic N) is 1. The molecule has 98 valence electrons. The molecule has 0 aliphatic heterocycles. The standard InChI is InChI=1S/C12H16N2O4/c1-8(2)14(7-11(16)18-3)12(17)9-4-5-13-10(15)6-9/h4-6,8H,7H2,1-3H3,(H,13,15). The first-order chi connectivity index (χ1) is 8.45. The van der Waals surface area contributed by atoms with E-state index in [0.29, 0.717) is 0 Å². The van der Waals surface area contributed by atoms with Crippen LogP contribution in [0.5, 0.6) is 0 Å². The number of carbonyl (C=O) groups is 2. The van der Waals surface area contributed by atoms with E-state index in [2.05, 4.69) is 9.72 Å². The predicted octanol–water partition coefficient (Wildman–Crippen LogP) is 0.398. The Labute approximate surface area is 105 Å². The van der Waals surface area contributed by atoms with Gasteiger partial charge in [-0.15, -0.1) is 0 Å². The quantitative estimate of drug-likeness (QED) is 0.786. The minimum Gasteiger partial charge on any atom is -0.468 e. The van der Waals surface area contributed by atoms with E-state index < -0.39 is 5.97 Å². The number of carbonyl (C=O) groups excluding carboxylic acids is 2. The molecule has 0 saturated heterocycles. The Bertz CT molecular complexity index is 493. The number of ether oxygens (including phenoxy) is 1. The molecule has 1 aromatic rings. The molecule has 6 nitrogen and oxygen atoms in total. The fraction of sp³-hybridized carbons (Fsp3) is 0.417. The number of aromatic amines is 1. The van der Waals surface area contributed by atoms with Crippen LogP contribution in [0.1, 0.15) is 24.2 Å². The van der Waals surface area contributed by atoms with Gasteiger partial charge in [-0.2, -0.15) is 0 Å². The largest absolute Gasteiger partial charge is 0.468 e. The van der Waals surface area contributed by atoms with E-state index in [-0.39, 0.29) is 29.6 Å². The first-order valence-corrected chi connectivity index (χ1v) is 5.52. The molecule has 0 saturated carbocycles. The maximum absolute atomic E-state index is 12.2.